The molecule has 150 valence electrons. The number of aromatic nitrogens is 3. The van der Waals surface area contributed by atoms with Crippen molar-refractivity contribution < 1.29 is 9.53 Å². The first-order valence-electron chi connectivity index (χ1n) is 9.54. The standard InChI is InChI=1S/C22H19N5O2S/c1-4-12-9-14(22(29-3)27-26-12)16-6-5-13-15(25-16)7-8-17-18(13)19-20(30-17)21(28)24-11(2)10-23-19/h4-9,11,23H,1,10H2,2-3H3,(H,24,28)/t11-/m1/s1. The quantitative estimate of drug-likeness (QED) is 0.522. The van der Waals surface area contributed by atoms with Crippen LogP contribution in [0.15, 0.2) is 36.9 Å². The Morgan fingerprint density at radius 1 is 1.27 bits per heavy atom. The first-order valence-corrected chi connectivity index (χ1v) is 10.4. The van der Waals surface area contributed by atoms with Gasteiger partial charge in [0.1, 0.15) is 4.88 Å². The Balaban J connectivity index is 1.72. The zero-order valence-electron chi connectivity index (χ0n) is 16.5. The summed E-state index contributed by atoms with van der Waals surface area (Å²) in [6.45, 7) is 6.42. The largest absolute Gasteiger partial charge is 0.479 e. The average Bonchev–Trinajstić information content (AvgIpc) is 3.09. The van der Waals surface area contributed by atoms with Gasteiger partial charge in [0.25, 0.3) is 5.91 Å². The second kappa shape index (κ2) is 7.07. The number of amides is 1. The minimum Gasteiger partial charge on any atom is -0.479 e. The Bertz CT molecular complexity index is 1330. The molecule has 0 aliphatic carbocycles. The monoisotopic (exact) mass is 417 g/mol. The zero-order valence-corrected chi connectivity index (χ0v) is 17.3. The zero-order chi connectivity index (χ0) is 20.8. The molecule has 5 rings (SSSR count). The summed E-state index contributed by atoms with van der Waals surface area (Å²) < 4.78 is 6.43. The molecule has 4 heterocycles. The van der Waals surface area contributed by atoms with E-state index in [9.17, 15) is 4.79 Å². The minimum atomic E-state index is -0.0361. The van der Waals surface area contributed by atoms with E-state index in [2.05, 4.69) is 27.4 Å². The first kappa shape index (κ1) is 18.5. The van der Waals surface area contributed by atoms with Crippen molar-refractivity contribution in [3.8, 4) is 17.1 Å². The second-order valence-electron chi connectivity index (χ2n) is 7.16. The highest BCUT2D eigenvalue weighted by atomic mass is 32.1. The molecule has 1 aromatic carbocycles. The van der Waals surface area contributed by atoms with E-state index in [1.165, 1.54) is 11.3 Å². The predicted octanol–water partition coefficient (Wildman–Crippen LogP) is 4.10. The summed E-state index contributed by atoms with van der Waals surface area (Å²) in [5.41, 5.74) is 3.85. The van der Waals surface area contributed by atoms with Gasteiger partial charge in [0.2, 0.25) is 5.88 Å². The third-order valence-corrected chi connectivity index (χ3v) is 6.30. The summed E-state index contributed by atoms with van der Waals surface area (Å²) in [6, 6.07) is 9.90. The molecule has 0 unspecified atom stereocenters. The first-order chi connectivity index (χ1) is 14.6. The molecule has 0 saturated carbocycles. The van der Waals surface area contributed by atoms with Crippen LogP contribution in [0.3, 0.4) is 0 Å². The van der Waals surface area contributed by atoms with Gasteiger partial charge in [-0.15, -0.1) is 21.5 Å². The Kier molecular flexibility index (Phi) is 4.36. The lowest BCUT2D eigenvalue weighted by Gasteiger charge is -2.11. The van der Waals surface area contributed by atoms with Crippen molar-refractivity contribution in [2.75, 3.05) is 19.0 Å². The smallest absolute Gasteiger partial charge is 0.263 e. The third-order valence-electron chi connectivity index (χ3n) is 5.15. The molecule has 1 amide bonds. The summed E-state index contributed by atoms with van der Waals surface area (Å²) in [5.74, 6) is 0.372. The van der Waals surface area contributed by atoms with Crippen molar-refractivity contribution >= 4 is 50.0 Å². The number of thiophene rings is 1. The highest BCUT2D eigenvalue weighted by Gasteiger charge is 2.25. The van der Waals surface area contributed by atoms with Crippen LogP contribution in [0.4, 0.5) is 5.69 Å². The number of rotatable bonds is 3. The number of nitrogens with zero attached hydrogens (tertiary/aromatic N) is 3. The van der Waals surface area contributed by atoms with Crippen molar-refractivity contribution in [1.82, 2.24) is 20.5 Å². The van der Waals surface area contributed by atoms with Crippen LogP contribution < -0.4 is 15.4 Å². The van der Waals surface area contributed by atoms with Crippen molar-refractivity contribution in [2.24, 2.45) is 0 Å². The molecular weight excluding hydrogens is 398 g/mol. The van der Waals surface area contributed by atoms with Crippen LogP contribution in [0, 0.1) is 0 Å². The van der Waals surface area contributed by atoms with Gasteiger partial charge in [-0.2, -0.15) is 0 Å². The fourth-order valence-electron chi connectivity index (χ4n) is 3.71. The number of anilines is 1. The highest BCUT2D eigenvalue weighted by molar-refractivity contribution is 7.21. The Labute approximate surface area is 176 Å². The molecule has 3 aromatic heterocycles. The maximum atomic E-state index is 12.6. The van der Waals surface area contributed by atoms with E-state index < -0.39 is 0 Å². The Hall–Kier alpha value is -3.52. The van der Waals surface area contributed by atoms with Crippen molar-refractivity contribution in [1.29, 1.82) is 0 Å². The maximum Gasteiger partial charge on any atom is 0.263 e. The normalized spacial score (nSPS) is 15.9. The van der Waals surface area contributed by atoms with Crippen molar-refractivity contribution in [3.05, 3.63) is 47.5 Å². The molecule has 0 radical (unpaired) electrons. The van der Waals surface area contributed by atoms with Crippen LogP contribution in [-0.4, -0.2) is 40.8 Å². The van der Waals surface area contributed by atoms with Gasteiger partial charge in [0.15, 0.2) is 0 Å². The number of pyridine rings is 1. The van der Waals surface area contributed by atoms with E-state index in [1.54, 1.807) is 13.2 Å². The highest BCUT2D eigenvalue weighted by Crippen LogP contribution is 2.41. The molecular formula is C22H19N5O2S. The van der Waals surface area contributed by atoms with E-state index in [1.807, 2.05) is 37.3 Å². The van der Waals surface area contributed by atoms with Crippen LogP contribution in [0.5, 0.6) is 5.88 Å². The molecule has 0 fully saturated rings. The lowest BCUT2D eigenvalue weighted by molar-refractivity contribution is 0.0949. The fourth-order valence-corrected chi connectivity index (χ4v) is 4.80. The average molecular weight is 417 g/mol. The number of carbonyl (C=O) groups is 1. The van der Waals surface area contributed by atoms with E-state index in [0.29, 0.717) is 23.0 Å². The number of fused-ring (bicyclic) bond motifs is 5. The Morgan fingerprint density at radius 3 is 2.93 bits per heavy atom. The van der Waals surface area contributed by atoms with Gasteiger partial charge in [-0.05, 0) is 43.3 Å². The molecule has 4 aromatic rings. The van der Waals surface area contributed by atoms with Gasteiger partial charge < -0.3 is 15.4 Å². The number of benzene rings is 1. The maximum absolute atomic E-state index is 12.6. The second-order valence-corrected chi connectivity index (χ2v) is 8.21. The SMILES string of the molecule is C=Cc1cc(-c2ccc3c(ccc4sc5c(c43)NC[C@@H](C)NC5=O)n2)c(OC)nn1. The lowest BCUT2D eigenvalue weighted by Crippen LogP contribution is -2.34. The van der Waals surface area contributed by atoms with Gasteiger partial charge in [-0.25, -0.2) is 4.98 Å². The minimum absolute atomic E-state index is 0.0361. The Morgan fingerprint density at radius 2 is 2.13 bits per heavy atom. The van der Waals surface area contributed by atoms with Gasteiger partial charge >= 0.3 is 0 Å². The van der Waals surface area contributed by atoms with Crippen LogP contribution in [0.1, 0.15) is 22.3 Å². The van der Waals surface area contributed by atoms with Crippen molar-refractivity contribution in [2.45, 2.75) is 13.0 Å². The van der Waals surface area contributed by atoms with E-state index in [4.69, 9.17) is 9.72 Å². The number of ether oxygens (including phenoxy) is 1. The molecule has 30 heavy (non-hydrogen) atoms. The van der Waals surface area contributed by atoms with E-state index in [-0.39, 0.29) is 11.9 Å². The summed E-state index contributed by atoms with van der Waals surface area (Å²) in [5, 5.41) is 16.7. The van der Waals surface area contributed by atoms with E-state index >= 15 is 0 Å². The number of hydrogen-bond donors (Lipinski definition) is 2. The van der Waals surface area contributed by atoms with Crippen molar-refractivity contribution in [3.63, 3.8) is 0 Å². The van der Waals surface area contributed by atoms with Crippen LogP contribution in [0.25, 0.3) is 38.3 Å². The number of carbonyl (C=O) groups excluding carboxylic acids is 1. The van der Waals surface area contributed by atoms with Crippen LogP contribution in [0.2, 0.25) is 0 Å². The molecule has 0 spiro atoms. The molecule has 1 aliphatic heterocycles. The summed E-state index contributed by atoms with van der Waals surface area (Å²) in [4.78, 5) is 18.2. The number of hydrogen-bond acceptors (Lipinski definition) is 7. The summed E-state index contributed by atoms with van der Waals surface area (Å²) >= 11 is 1.50. The molecule has 7 nitrogen and oxygen atoms in total. The van der Waals surface area contributed by atoms with Gasteiger partial charge in [-0.1, -0.05) is 6.58 Å². The third kappa shape index (κ3) is 2.88. The molecule has 0 saturated heterocycles. The summed E-state index contributed by atoms with van der Waals surface area (Å²) in [6.07, 6.45) is 1.64. The number of nitrogens with one attached hydrogen (secondary N) is 2. The van der Waals surface area contributed by atoms with E-state index in [0.717, 1.165) is 37.9 Å². The number of methoxy groups -OCH3 is 1. The lowest BCUT2D eigenvalue weighted by atomic mass is 10.1. The van der Waals surface area contributed by atoms with Crippen LogP contribution >= 0.6 is 11.3 Å². The van der Waals surface area contributed by atoms with Gasteiger partial charge in [-0.3, -0.25) is 4.79 Å². The molecule has 2 N–H and O–H groups in total. The molecule has 1 atom stereocenters. The topological polar surface area (TPSA) is 89.0 Å². The van der Waals surface area contributed by atoms with Gasteiger partial charge in [0.05, 0.1) is 35.3 Å². The molecule has 0 bridgehead atoms. The predicted molar refractivity (Wildman–Crippen MR) is 120 cm³/mol. The fraction of sp³-hybridized carbons (Fsp3) is 0.182. The molecule has 1 aliphatic rings. The van der Waals surface area contributed by atoms with Gasteiger partial charge in [0, 0.05) is 28.1 Å². The van der Waals surface area contributed by atoms with Crippen LogP contribution in [-0.2, 0) is 0 Å². The molecule has 8 heteroatoms. The summed E-state index contributed by atoms with van der Waals surface area (Å²) in [7, 11) is 1.56.